The van der Waals surface area contributed by atoms with Gasteiger partial charge >= 0.3 is 5.97 Å². The van der Waals surface area contributed by atoms with Crippen molar-refractivity contribution in [2.45, 2.75) is 23.6 Å². The van der Waals surface area contributed by atoms with E-state index in [4.69, 9.17) is 4.74 Å². The molecule has 23 heavy (non-hydrogen) atoms. The van der Waals surface area contributed by atoms with Crippen molar-refractivity contribution in [3.63, 3.8) is 0 Å². The zero-order valence-corrected chi connectivity index (χ0v) is 14.1. The number of carbonyl (C=O) groups excluding carboxylic acids is 1. The third-order valence-corrected chi connectivity index (χ3v) is 5.99. The van der Waals surface area contributed by atoms with Crippen molar-refractivity contribution in [3.05, 3.63) is 42.2 Å². The highest BCUT2D eigenvalue weighted by Crippen LogP contribution is 2.39. The minimum Gasteiger partial charge on any atom is -0.465 e. The quantitative estimate of drug-likeness (QED) is 0.530. The van der Waals surface area contributed by atoms with Crippen molar-refractivity contribution >= 4 is 39.3 Å². The van der Waals surface area contributed by atoms with Crippen molar-refractivity contribution in [1.82, 2.24) is 9.97 Å². The first-order valence-electron chi connectivity index (χ1n) is 7.37. The summed E-state index contributed by atoms with van der Waals surface area (Å²) in [5, 5.41) is 1.73. The zero-order chi connectivity index (χ0) is 15.8. The number of hydrogen-bond acceptors (Lipinski definition) is 6. The molecule has 0 bridgehead atoms. The van der Waals surface area contributed by atoms with Crippen LogP contribution in [0.15, 0.2) is 41.4 Å². The summed E-state index contributed by atoms with van der Waals surface area (Å²) in [5.41, 5.74) is 1.17. The number of fused-ring (bicyclic) bond motifs is 1. The predicted molar refractivity (Wildman–Crippen MR) is 92.8 cm³/mol. The first-order chi connectivity index (χ1) is 11.2. The Hall–Kier alpha value is -1.92. The van der Waals surface area contributed by atoms with E-state index in [1.807, 2.05) is 25.1 Å². The van der Waals surface area contributed by atoms with Gasteiger partial charge < -0.3 is 4.74 Å². The molecule has 0 spiro atoms. The molecule has 3 aromatic rings. The summed E-state index contributed by atoms with van der Waals surface area (Å²) in [4.78, 5) is 23.0. The number of carbonyl (C=O) groups is 1. The normalized spacial score (nSPS) is 17.6. The molecule has 3 heterocycles. The summed E-state index contributed by atoms with van der Waals surface area (Å²) in [7, 11) is 0. The molecule has 0 radical (unpaired) electrons. The Kier molecular flexibility index (Phi) is 3.79. The van der Waals surface area contributed by atoms with Crippen LogP contribution in [-0.2, 0) is 9.53 Å². The summed E-state index contributed by atoms with van der Waals surface area (Å²) in [6.07, 6.45) is 0.740. The fourth-order valence-corrected chi connectivity index (χ4v) is 4.81. The molecular formula is C17H14N2O2S2. The number of ether oxygens (including phenoxy) is 1. The smallest absolute Gasteiger partial charge is 0.319 e. The van der Waals surface area contributed by atoms with E-state index in [-0.39, 0.29) is 11.2 Å². The van der Waals surface area contributed by atoms with Crippen LogP contribution in [0, 0.1) is 6.92 Å². The predicted octanol–water partition coefficient (Wildman–Crippen LogP) is 4.07. The number of cyclic esters (lactones) is 1. The molecule has 0 N–H and O–H groups in total. The Morgan fingerprint density at radius 3 is 2.83 bits per heavy atom. The van der Waals surface area contributed by atoms with Gasteiger partial charge in [-0.1, -0.05) is 42.1 Å². The van der Waals surface area contributed by atoms with Gasteiger partial charge in [-0.2, -0.15) is 0 Å². The second kappa shape index (κ2) is 5.94. The Bertz CT molecular complexity index is 877. The number of rotatable bonds is 3. The SMILES string of the molecule is Cc1nc(S[C@H]2CCOC2=O)c2cc(-c3ccccc3)sc2n1. The van der Waals surface area contributed by atoms with Gasteiger partial charge in [0.25, 0.3) is 0 Å². The van der Waals surface area contributed by atoms with Gasteiger partial charge in [-0.25, -0.2) is 9.97 Å². The molecule has 0 unspecified atom stereocenters. The van der Waals surface area contributed by atoms with Gasteiger partial charge in [-0.05, 0) is 18.6 Å². The number of benzene rings is 1. The molecule has 0 aliphatic carbocycles. The van der Waals surface area contributed by atoms with E-state index in [0.29, 0.717) is 6.61 Å². The molecule has 6 heteroatoms. The number of aromatic nitrogens is 2. The number of thioether (sulfide) groups is 1. The van der Waals surface area contributed by atoms with Crippen molar-refractivity contribution in [2.24, 2.45) is 0 Å². The lowest BCUT2D eigenvalue weighted by atomic mass is 10.2. The summed E-state index contributed by atoms with van der Waals surface area (Å²) < 4.78 is 5.05. The van der Waals surface area contributed by atoms with Crippen LogP contribution in [0.4, 0.5) is 0 Å². The molecule has 116 valence electrons. The molecule has 1 aliphatic rings. The largest absolute Gasteiger partial charge is 0.465 e. The second-order valence-electron chi connectivity index (χ2n) is 5.33. The Morgan fingerprint density at radius 2 is 2.09 bits per heavy atom. The van der Waals surface area contributed by atoms with E-state index in [0.717, 1.165) is 32.4 Å². The maximum atomic E-state index is 11.7. The minimum atomic E-state index is -0.160. The molecule has 0 amide bonds. The summed E-state index contributed by atoms with van der Waals surface area (Å²) >= 11 is 3.15. The number of esters is 1. The molecule has 4 nitrogen and oxygen atoms in total. The Labute approximate surface area is 141 Å². The summed E-state index contributed by atoms with van der Waals surface area (Å²) in [6, 6.07) is 12.4. The number of aryl methyl sites for hydroxylation is 1. The highest BCUT2D eigenvalue weighted by Gasteiger charge is 2.29. The van der Waals surface area contributed by atoms with E-state index < -0.39 is 0 Å². The van der Waals surface area contributed by atoms with Gasteiger partial charge in [0, 0.05) is 16.7 Å². The van der Waals surface area contributed by atoms with Gasteiger partial charge in [-0.3, -0.25) is 4.79 Å². The van der Waals surface area contributed by atoms with Crippen LogP contribution < -0.4 is 0 Å². The average Bonchev–Trinajstić information content (AvgIpc) is 3.15. The maximum absolute atomic E-state index is 11.7. The van der Waals surface area contributed by atoms with Gasteiger partial charge in [0.2, 0.25) is 0 Å². The fraction of sp³-hybridized carbons (Fsp3) is 0.235. The standard InChI is InChI=1S/C17H14N2O2S2/c1-10-18-15(22-13-7-8-21-17(13)20)12-9-14(23-16(12)19-10)11-5-3-2-4-6-11/h2-6,9,13H,7-8H2,1H3/t13-/m0/s1. The second-order valence-corrected chi connectivity index (χ2v) is 7.56. The summed E-state index contributed by atoms with van der Waals surface area (Å²) in [6.45, 7) is 2.39. The first kappa shape index (κ1) is 14.7. The molecule has 1 saturated heterocycles. The third kappa shape index (κ3) is 2.84. The molecular weight excluding hydrogens is 328 g/mol. The van der Waals surface area contributed by atoms with Crippen LogP contribution in [0.2, 0.25) is 0 Å². The van der Waals surface area contributed by atoms with Gasteiger partial charge in [0.05, 0.1) is 6.61 Å². The van der Waals surface area contributed by atoms with Crippen molar-refractivity contribution < 1.29 is 9.53 Å². The Balaban J connectivity index is 1.78. The molecule has 1 aliphatic heterocycles. The highest BCUT2D eigenvalue weighted by atomic mass is 32.2. The van der Waals surface area contributed by atoms with Gasteiger partial charge in [0.1, 0.15) is 20.9 Å². The van der Waals surface area contributed by atoms with Crippen molar-refractivity contribution in [2.75, 3.05) is 6.61 Å². The van der Waals surface area contributed by atoms with E-state index in [1.54, 1.807) is 11.3 Å². The molecule has 1 atom stereocenters. The zero-order valence-electron chi connectivity index (χ0n) is 12.5. The average molecular weight is 342 g/mol. The molecule has 4 rings (SSSR count). The van der Waals surface area contributed by atoms with Gasteiger partial charge in [0.15, 0.2) is 0 Å². The van der Waals surface area contributed by atoms with Crippen LogP contribution in [0.25, 0.3) is 20.7 Å². The number of hydrogen-bond donors (Lipinski definition) is 0. The highest BCUT2D eigenvalue weighted by molar-refractivity contribution is 8.00. The summed E-state index contributed by atoms with van der Waals surface area (Å²) in [5.74, 6) is 0.589. The van der Waals surface area contributed by atoms with E-state index in [2.05, 4.69) is 28.2 Å². The topological polar surface area (TPSA) is 52.1 Å². The molecule has 2 aromatic heterocycles. The molecule has 1 fully saturated rings. The first-order valence-corrected chi connectivity index (χ1v) is 9.07. The van der Waals surface area contributed by atoms with E-state index in [9.17, 15) is 4.79 Å². The van der Waals surface area contributed by atoms with Crippen LogP contribution in [0.5, 0.6) is 0 Å². The fourth-order valence-electron chi connectivity index (χ4n) is 2.55. The van der Waals surface area contributed by atoms with Crippen LogP contribution >= 0.6 is 23.1 Å². The van der Waals surface area contributed by atoms with Crippen molar-refractivity contribution in [3.8, 4) is 10.4 Å². The van der Waals surface area contributed by atoms with Crippen LogP contribution in [0.1, 0.15) is 12.2 Å². The van der Waals surface area contributed by atoms with E-state index in [1.165, 1.54) is 17.3 Å². The lowest BCUT2D eigenvalue weighted by molar-refractivity contribution is -0.137. The lowest BCUT2D eigenvalue weighted by Crippen LogP contribution is -2.10. The van der Waals surface area contributed by atoms with Crippen molar-refractivity contribution in [1.29, 1.82) is 0 Å². The van der Waals surface area contributed by atoms with Crippen LogP contribution in [-0.4, -0.2) is 27.8 Å². The minimum absolute atomic E-state index is 0.141. The monoisotopic (exact) mass is 342 g/mol. The van der Waals surface area contributed by atoms with Gasteiger partial charge in [-0.15, -0.1) is 11.3 Å². The lowest BCUT2D eigenvalue weighted by Gasteiger charge is -2.06. The Morgan fingerprint density at radius 1 is 1.26 bits per heavy atom. The van der Waals surface area contributed by atoms with Crippen LogP contribution in [0.3, 0.4) is 0 Å². The maximum Gasteiger partial charge on any atom is 0.319 e. The van der Waals surface area contributed by atoms with E-state index >= 15 is 0 Å². The number of thiophene rings is 1. The molecule has 0 saturated carbocycles. The number of nitrogens with zero attached hydrogens (tertiary/aromatic N) is 2. The third-order valence-electron chi connectivity index (χ3n) is 3.67. The molecule has 1 aromatic carbocycles.